The molecule has 3 nitrogen and oxygen atoms in total. The van der Waals surface area contributed by atoms with Gasteiger partial charge in [-0.3, -0.25) is 0 Å². The fourth-order valence-corrected chi connectivity index (χ4v) is 3.66. The van der Waals surface area contributed by atoms with E-state index in [1.54, 1.807) is 12.2 Å². The number of hydrogen-bond donors (Lipinski definition) is 0. The Morgan fingerprint density at radius 3 is 3.00 bits per heavy atom. The van der Waals surface area contributed by atoms with Crippen molar-refractivity contribution in [3.8, 4) is 5.75 Å². The molecule has 0 saturated carbocycles. The molecule has 1 atom stereocenters. The molecular weight excluding hydrogens is 327 g/mol. The van der Waals surface area contributed by atoms with Crippen LogP contribution < -0.4 is 4.74 Å². The first kappa shape index (κ1) is 18.7. The van der Waals surface area contributed by atoms with Crippen LogP contribution in [0.4, 0.5) is 4.39 Å². The predicted octanol–water partition coefficient (Wildman–Crippen LogP) is 4.88. The van der Waals surface area contributed by atoms with Gasteiger partial charge in [-0.15, -0.1) is 0 Å². The van der Waals surface area contributed by atoms with Gasteiger partial charge in [0.1, 0.15) is 11.6 Å². The van der Waals surface area contributed by atoms with Crippen molar-refractivity contribution < 1.29 is 9.13 Å². The maximum absolute atomic E-state index is 13.5. The Bertz CT molecular complexity index is 723. The molecule has 0 radical (unpaired) electrons. The number of benzene rings is 1. The van der Waals surface area contributed by atoms with Gasteiger partial charge in [0, 0.05) is 38.0 Å². The summed E-state index contributed by atoms with van der Waals surface area (Å²) in [5.74, 6) is 1.18. The van der Waals surface area contributed by atoms with Gasteiger partial charge < -0.3 is 14.5 Å². The van der Waals surface area contributed by atoms with Gasteiger partial charge >= 0.3 is 0 Å². The largest absolute Gasteiger partial charge is 0.494 e. The highest BCUT2D eigenvalue weighted by molar-refractivity contribution is 5.37. The number of fused-ring (bicyclic) bond motifs is 1. The third-order valence-corrected chi connectivity index (χ3v) is 5.01. The molecule has 26 heavy (non-hydrogen) atoms. The van der Waals surface area contributed by atoms with Crippen LogP contribution in [-0.4, -0.2) is 37.0 Å². The summed E-state index contributed by atoms with van der Waals surface area (Å²) in [6, 6.07) is 8.35. The molecule has 0 aromatic heterocycles. The quantitative estimate of drug-likeness (QED) is 0.660. The molecule has 1 aromatic carbocycles. The maximum atomic E-state index is 13.5. The van der Waals surface area contributed by atoms with Gasteiger partial charge in [-0.05, 0) is 61.7 Å². The predicted molar refractivity (Wildman–Crippen MR) is 104 cm³/mol. The van der Waals surface area contributed by atoms with E-state index >= 15 is 0 Å². The normalized spacial score (nSPS) is 19.2. The minimum absolute atomic E-state index is 0.111. The van der Waals surface area contributed by atoms with Crippen molar-refractivity contribution in [3.05, 3.63) is 65.3 Å². The molecule has 1 heterocycles. The third kappa shape index (κ3) is 4.55. The lowest BCUT2D eigenvalue weighted by atomic mass is 9.90. The molecular formula is C22H29FN2O. The second-order valence-corrected chi connectivity index (χ2v) is 7.25. The topological polar surface area (TPSA) is 15.7 Å². The Balaban J connectivity index is 1.53. The van der Waals surface area contributed by atoms with E-state index in [4.69, 9.17) is 4.74 Å². The van der Waals surface area contributed by atoms with Crippen LogP contribution in [0.3, 0.4) is 0 Å². The second kappa shape index (κ2) is 8.54. The zero-order valence-electron chi connectivity index (χ0n) is 16.0. The molecule has 0 saturated heterocycles. The minimum Gasteiger partial charge on any atom is -0.494 e. The fourth-order valence-electron chi connectivity index (χ4n) is 3.66. The summed E-state index contributed by atoms with van der Waals surface area (Å²) < 4.78 is 19.2. The molecule has 2 aliphatic rings. The summed E-state index contributed by atoms with van der Waals surface area (Å²) >= 11 is 0. The van der Waals surface area contributed by atoms with E-state index in [9.17, 15) is 4.39 Å². The van der Waals surface area contributed by atoms with Crippen molar-refractivity contribution in [2.45, 2.75) is 32.7 Å². The van der Waals surface area contributed by atoms with Gasteiger partial charge in [0.05, 0.1) is 6.61 Å². The molecule has 0 fully saturated rings. The van der Waals surface area contributed by atoms with E-state index in [0.29, 0.717) is 5.92 Å². The zero-order valence-corrected chi connectivity index (χ0v) is 16.0. The Morgan fingerprint density at radius 2 is 2.19 bits per heavy atom. The molecule has 1 unspecified atom stereocenters. The number of nitrogens with zero attached hydrogens (tertiary/aromatic N) is 2. The lowest BCUT2D eigenvalue weighted by Gasteiger charge is -2.22. The Hall–Kier alpha value is -2.07. The Labute approximate surface area is 156 Å². The summed E-state index contributed by atoms with van der Waals surface area (Å²) in [5, 5.41) is 0. The summed E-state index contributed by atoms with van der Waals surface area (Å²) in [5.41, 5.74) is 3.75. The number of ether oxygens (including phenoxy) is 1. The van der Waals surface area contributed by atoms with Crippen molar-refractivity contribution >= 4 is 0 Å². The van der Waals surface area contributed by atoms with E-state index in [0.717, 1.165) is 50.4 Å². The van der Waals surface area contributed by atoms with Crippen molar-refractivity contribution in [1.82, 2.24) is 9.80 Å². The van der Waals surface area contributed by atoms with Crippen molar-refractivity contribution in [3.63, 3.8) is 0 Å². The van der Waals surface area contributed by atoms with Crippen molar-refractivity contribution in [2.75, 3.05) is 27.2 Å². The standard InChI is InChI=1S/C22H29FN2O/c1-4-12-26-20-7-5-6-17(13-20)15-24(2)11-10-18-16-25(3)22-14-19(23)8-9-21(18)22/h5-8,13-14,16,21H,4,9-12,15H2,1-3H3. The van der Waals surface area contributed by atoms with Crippen LogP contribution in [0.15, 0.2) is 59.7 Å². The smallest absolute Gasteiger partial charge is 0.121 e. The average Bonchev–Trinajstić information content (AvgIpc) is 2.94. The molecule has 0 spiro atoms. The SMILES string of the molecule is CCCOc1cccc(CN(C)CCC2=CN(C)C3=CC(F)=CCC23)c1. The van der Waals surface area contributed by atoms with E-state index in [1.165, 1.54) is 11.1 Å². The molecule has 1 aliphatic heterocycles. The summed E-state index contributed by atoms with van der Waals surface area (Å²) in [4.78, 5) is 4.40. The molecule has 1 aliphatic carbocycles. The van der Waals surface area contributed by atoms with Crippen LogP contribution in [0.5, 0.6) is 5.75 Å². The van der Waals surface area contributed by atoms with Crippen LogP contribution in [0.2, 0.25) is 0 Å². The highest BCUT2D eigenvalue weighted by Gasteiger charge is 2.29. The second-order valence-electron chi connectivity index (χ2n) is 7.25. The number of halogens is 1. The van der Waals surface area contributed by atoms with Crippen molar-refractivity contribution in [2.24, 2.45) is 5.92 Å². The number of allylic oxidation sites excluding steroid dienone is 4. The molecule has 0 bridgehead atoms. The monoisotopic (exact) mass is 356 g/mol. The first-order chi connectivity index (χ1) is 12.6. The fraction of sp³-hybridized carbons (Fsp3) is 0.455. The first-order valence-electron chi connectivity index (χ1n) is 9.47. The van der Waals surface area contributed by atoms with Crippen LogP contribution in [0.25, 0.3) is 0 Å². The lowest BCUT2D eigenvalue weighted by molar-refractivity contribution is 0.312. The van der Waals surface area contributed by atoms with Gasteiger partial charge in [-0.25, -0.2) is 4.39 Å². The summed E-state index contributed by atoms with van der Waals surface area (Å²) in [7, 11) is 4.16. The zero-order chi connectivity index (χ0) is 18.5. The highest BCUT2D eigenvalue weighted by atomic mass is 19.1. The average molecular weight is 356 g/mol. The lowest BCUT2D eigenvalue weighted by Crippen LogP contribution is -2.20. The molecule has 3 rings (SSSR count). The van der Waals surface area contributed by atoms with E-state index in [-0.39, 0.29) is 5.83 Å². The number of rotatable bonds is 8. The Morgan fingerprint density at radius 1 is 1.35 bits per heavy atom. The molecule has 4 heteroatoms. The van der Waals surface area contributed by atoms with Gasteiger partial charge in [-0.2, -0.15) is 0 Å². The van der Waals surface area contributed by atoms with Crippen LogP contribution in [-0.2, 0) is 6.54 Å². The maximum Gasteiger partial charge on any atom is 0.121 e. The van der Waals surface area contributed by atoms with Gasteiger partial charge in [-0.1, -0.05) is 19.1 Å². The highest BCUT2D eigenvalue weighted by Crippen LogP contribution is 2.39. The first-order valence-corrected chi connectivity index (χ1v) is 9.47. The van der Waals surface area contributed by atoms with E-state index in [1.807, 2.05) is 13.1 Å². The number of hydrogen-bond acceptors (Lipinski definition) is 3. The van der Waals surface area contributed by atoms with Crippen LogP contribution in [0, 0.1) is 5.92 Å². The van der Waals surface area contributed by atoms with Crippen molar-refractivity contribution in [1.29, 1.82) is 0 Å². The van der Waals surface area contributed by atoms with Crippen LogP contribution >= 0.6 is 0 Å². The minimum atomic E-state index is -0.111. The van der Waals surface area contributed by atoms with Gasteiger partial charge in [0.15, 0.2) is 0 Å². The van der Waals surface area contributed by atoms with E-state index < -0.39 is 0 Å². The van der Waals surface area contributed by atoms with Crippen LogP contribution in [0.1, 0.15) is 31.7 Å². The van der Waals surface area contributed by atoms with Gasteiger partial charge in [0.25, 0.3) is 0 Å². The summed E-state index contributed by atoms with van der Waals surface area (Å²) in [6.07, 6.45) is 8.34. The van der Waals surface area contributed by atoms with E-state index in [2.05, 4.69) is 48.2 Å². The Kier molecular flexibility index (Phi) is 6.15. The molecule has 0 N–H and O–H groups in total. The molecule has 0 amide bonds. The summed E-state index contributed by atoms with van der Waals surface area (Å²) in [6.45, 7) is 4.75. The van der Waals surface area contributed by atoms with Gasteiger partial charge in [0.2, 0.25) is 0 Å². The molecule has 140 valence electrons. The molecule has 1 aromatic rings. The third-order valence-electron chi connectivity index (χ3n) is 5.01.